The van der Waals surface area contributed by atoms with Crippen molar-refractivity contribution in [3.8, 4) is 0 Å². The summed E-state index contributed by atoms with van der Waals surface area (Å²) in [6.45, 7) is 9.77. The van der Waals surface area contributed by atoms with E-state index >= 15 is 0 Å². The van der Waals surface area contributed by atoms with Crippen LogP contribution < -0.4 is 5.32 Å². The van der Waals surface area contributed by atoms with E-state index in [1.54, 1.807) is 0 Å². The maximum atomic E-state index is 5.76. The second-order valence-corrected chi connectivity index (χ2v) is 4.46. The molecule has 2 nitrogen and oxygen atoms in total. The van der Waals surface area contributed by atoms with E-state index < -0.39 is 0 Å². The monoisotopic (exact) mass is 223 g/mol. The van der Waals surface area contributed by atoms with E-state index in [2.05, 4.69) is 38.2 Å². The highest BCUT2D eigenvalue weighted by Gasteiger charge is 2.22. The standard InChI is InChI=1S/C14H25NO/c1-5-10-15-14(12(6-2)7-3)13-9-8-11(4)16-13/h8-9,12,14-15H,5-7,10H2,1-4H3. The van der Waals surface area contributed by atoms with E-state index in [0.717, 1.165) is 24.5 Å². The van der Waals surface area contributed by atoms with Crippen LogP contribution in [0, 0.1) is 12.8 Å². The molecule has 0 spiro atoms. The quantitative estimate of drug-likeness (QED) is 0.754. The Labute approximate surface area is 99.4 Å². The van der Waals surface area contributed by atoms with Crippen LogP contribution in [0.1, 0.15) is 57.6 Å². The Kier molecular flexibility index (Phi) is 5.61. The maximum absolute atomic E-state index is 5.76. The van der Waals surface area contributed by atoms with Gasteiger partial charge in [0.1, 0.15) is 11.5 Å². The fourth-order valence-corrected chi connectivity index (χ4v) is 2.18. The molecule has 0 amide bonds. The molecule has 0 aliphatic rings. The number of aryl methyl sites for hydroxylation is 1. The highest BCUT2D eigenvalue weighted by molar-refractivity contribution is 5.10. The van der Waals surface area contributed by atoms with Crippen molar-refractivity contribution in [2.24, 2.45) is 5.92 Å². The largest absolute Gasteiger partial charge is 0.465 e. The van der Waals surface area contributed by atoms with Crippen molar-refractivity contribution in [3.63, 3.8) is 0 Å². The van der Waals surface area contributed by atoms with Gasteiger partial charge < -0.3 is 9.73 Å². The second kappa shape index (κ2) is 6.74. The van der Waals surface area contributed by atoms with Crippen LogP contribution in [0.4, 0.5) is 0 Å². The topological polar surface area (TPSA) is 25.2 Å². The lowest BCUT2D eigenvalue weighted by molar-refractivity contribution is 0.291. The van der Waals surface area contributed by atoms with Gasteiger partial charge in [-0.3, -0.25) is 0 Å². The summed E-state index contributed by atoms with van der Waals surface area (Å²) in [5.41, 5.74) is 0. The minimum absolute atomic E-state index is 0.378. The molecule has 2 heteroatoms. The summed E-state index contributed by atoms with van der Waals surface area (Å²) in [5, 5.41) is 3.61. The zero-order valence-electron chi connectivity index (χ0n) is 11.0. The van der Waals surface area contributed by atoms with Crippen molar-refractivity contribution in [2.45, 2.75) is 53.0 Å². The van der Waals surface area contributed by atoms with E-state index in [4.69, 9.17) is 4.42 Å². The Morgan fingerprint density at radius 3 is 2.31 bits per heavy atom. The molecule has 92 valence electrons. The Balaban J connectivity index is 2.77. The predicted octanol–water partition coefficient (Wildman–Crippen LogP) is 4.06. The molecule has 0 saturated carbocycles. The Morgan fingerprint density at radius 2 is 1.88 bits per heavy atom. The van der Waals surface area contributed by atoms with Crippen molar-refractivity contribution in [1.82, 2.24) is 5.32 Å². The predicted molar refractivity (Wildman–Crippen MR) is 68.6 cm³/mol. The van der Waals surface area contributed by atoms with E-state index in [-0.39, 0.29) is 0 Å². The van der Waals surface area contributed by atoms with Gasteiger partial charge in [0, 0.05) is 0 Å². The summed E-state index contributed by atoms with van der Waals surface area (Å²) in [7, 11) is 0. The smallest absolute Gasteiger partial charge is 0.121 e. The molecule has 1 heterocycles. The summed E-state index contributed by atoms with van der Waals surface area (Å²) < 4.78 is 5.76. The van der Waals surface area contributed by atoms with Gasteiger partial charge in [0.05, 0.1) is 6.04 Å². The molecule has 1 atom stereocenters. The lowest BCUT2D eigenvalue weighted by atomic mass is 9.92. The van der Waals surface area contributed by atoms with Crippen molar-refractivity contribution < 1.29 is 4.42 Å². The fraction of sp³-hybridized carbons (Fsp3) is 0.714. The summed E-state index contributed by atoms with van der Waals surface area (Å²) in [5.74, 6) is 2.76. The number of hydrogen-bond donors (Lipinski definition) is 1. The summed E-state index contributed by atoms with van der Waals surface area (Å²) in [6, 6.07) is 4.54. The lowest BCUT2D eigenvalue weighted by Crippen LogP contribution is -2.28. The molecule has 0 aromatic carbocycles. The van der Waals surface area contributed by atoms with Crippen LogP contribution in [0.5, 0.6) is 0 Å². The van der Waals surface area contributed by atoms with E-state index in [0.29, 0.717) is 12.0 Å². The van der Waals surface area contributed by atoms with Gasteiger partial charge in [-0.2, -0.15) is 0 Å². The molecule has 0 saturated heterocycles. The third-order valence-electron chi connectivity index (χ3n) is 3.20. The molecule has 0 bridgehead atoms. The fourth-order valence-electron chi connectivity index (χ4n) is 2.18. The lowest BCUT2D eigenvalue weighted by Gasteiger charge is -2.24. The summed E-state index contributed by atoms with van der Waals surface area (Å²) >= 11 is 0. The molecule has 1 unspecified atom stereocenters. The molecule has 1 aromatic rings. The third-order valence-corrected chi connectivity index (χ3v) is 3.20. The third kappa shape index (κ3) is 3.38. The van der Waals surface area contributed by atoms with Crippen LogP contribution in [0.15, 0.2) is 16.5 Å². The maximum Gasteiger partial charge on any atom is 0.121 e. The van der Waals surface area contributed by atoms with Crippen LogP contribution in [0.3, 0.4) is 0 Å². The highest BCUT2D eigenvalue weighted by Crippen LogP contribution is 2.28. The van der Waals surface area contributed by atoms with Gasteiger partial charge in [-0.25, -0.2) is 0 Å². The number of nitrogens with one attached hydrogen (secondary N) is 1. The van der Waals surface area contributed by atoms with Crippen molar-refractivity contribution in [3.05, 3.63) is 23.7 Å². The van der Waals surface area contributed by atoms with Gasteiger partial charge in [0.2, 0.25) is 0 Å². The highest BCUT2D eigenvalue weighted by atomic mass is 16.3. The van der Waals surface area contributed by atoms with Gasteiger partial charge >= 0.3 is 0 Å². The normalized spacial score (nSPS) is 13.3. The molecule has 0 aliphatic carbocycles. The zero-order chi connectivity index (χ0) is 12.0. The van der Waals surface area contributed by atoms with Gasteiger partial charge in [-0.15, -0.1) is 0 Å². The molecule has 1 N–H and O–H groups in total. The minimum atomic E-state index is 0.378. The summed E-state index contributed by atoms with van der Waals surface area (Å²) in [6.07, 6.45) is 3.55. The average Bonchev–Trinajstić information content (AvgIpc) is 2.71. The minimum Gasteiger partial charge on any atom is -0.465 e. The molecular weight excluding hydrogens is 198 g/mol. The molecule has 0 radical (unpaired) electrons. The molecule has 0 aliphatic heterocycles. The Hall–Kier alpha value is -0.760. The number of furan rings is 1. The van der Waals surface area contributed by atoms with Crippen LogP contribution in [-0.2, 0) is 0 Å². The first-order valence-corrected chi connectivity index (χ1v) is 6.52. The van der Waals surface area contributed by atoms with Gasteiger partial charge in [-0.05, 0) is 37.9 Å². The van der Waals surface area contributed by atoms with Gasteiger partial charge in [0.25, 0.3) is 0 Å². The van der Waals surface area contributed by atoms with E-state index in [1.807, 2.05) is 6.92 Å². The van der Waals surface area contributed by atoms with Crippen LogP contribution >= 0.6 is 0 Å². The van der Waals surface area contributed by atoms with Gasteiger partial charge in [0.15, 0.2) is 0 Å². The zero-order valence-corrected chi connectivity index (χ0v) is 11.0. The van der Waals surface area contributed by atoms with Crippen LogP contribution in [0.25, 0.3) is 0 Å². The molecule has 1 aromatic heterocycles. The van der Waals surface area contributed by atoms with E-state index in [1.165, 1.54) is 12.8 Å². The average molecular weight is 223 g/mol. The second-order valence-electron chi connectivity index (χ2n) is 4.46. The first kappa shape index (κ1) is 13.3. The number of hydrogen-bond acceptors (Lipinski definition) is 2. The number of rotatable bonds is 7. The molecule has 1 rings (SSSR count). The first-order chi connectivity index (χ1) is 7.72. The Bertz CT molecular complexity index is 289. The Morgan fingerprint density at radius 1 is 1.19 bits per heavy atom. The van der Waals surface area contributed by atoms with Crippen molar-refractivity contribution in [1.29, 1.82) is 0 Å². The first-order valence-electron chi connectivity index (χ1n) is 6.52. The van der Waals surface area contributed by atoms with Crippen LogP contribution in [-0.4, -0.2) is 6.54 Å². The molecule has 16 heavy (non-hydrogen) atoms. The van der Waals surface area contributed by atoms with Crippen molar-refractivity contribution in [2.75, 3.05) is 6.54 Å². The molecular formula is C14H25NO. The van der Waals surface area contributed by atoms with E-state index in [9.17, 15) is 0 Å². The van der Waals surface area contributed by atoms with Gasteiger partial charge in [-0.1, -0.05) is 33.6 Å². The van der Waals surface area contributed by atoms with Crippen LogP contribution in [0.2, 0.25) is 0 Å². The SMILES string of the molecule is CCCNC(c1ccc(C)o1)C(CC)CC. The van der Waals surface area contributed by atoms with Crippen molar-refractivity contribution >= 4 is 0 Å². The summed E-state index contributed by atoms with van der Waals surface area (Å²) in [4.78, 5) is 0. The molecule has 0 fully saturated rings.